The van der Waals surface area contributed by atoms with Crippen LogP contribution in [0, 0.1) is 18.6 Å². The average molecular weight is 580 g/mol. The van der Waals surface area contributed by atoms with Crippen LogP contribution in [0.2, 0.25) is 0 Å². The number of pyridine rings is 1. The number of amides is 1. The number of aromatic nitrogens is 2. The van der Waals surface area contributed by atoms with Gasteiger partial charge >= 0.3 is 6.09 Å². The van der Waals surface area contributed by atoms with E-state index in [1.54, 1.807) is 23.6 Å². The molecule has 10 heteroatoms. The van der Waals surface area contributed by atoms with Gasteiger partial charge in [0.25, 0.3) is 0 Å². The van der Waals surface area contributed by atoms with Crippen LogP contribution in [-0.4, -0.2) is 33.9 Å². The molecule has 0 radical (unpaired) electrons. The summed E-state index contributed by atoms with van der Waals surface area (Å²) in [6.45, 7) is 5.37. The second kappa shape index (κ2) is 13.5. The minimum atomic E-state index is -0.725. The van der Waals surface area contributed by atoms with E-state index in [1.165, 1.54) is 13.2 Å². The third-order valence-electron chi connectivity index (χ3n) is 7.09. The summed E-state index contributed by atoms with van der Waals surface area (Å²) in [7, 11) is 1.46. The Morgan fingerprint density at radius 3 is 2.40 bits per heavy atom. The fourth-order valence-electron chi connectivity index (χ4n) is 4.89. The zero-order valence-corrected chi connectivity index (χ0v) is 24.2. The molecular weight excluding hydrogens is 544 g/mol. The number of aryl methyl sites for hydroxylation is 1. The molecule has 1 amide bonds. The van der Waals surface area contributed by atoms with Gasteiger partial charge in [0.15, 0.2) is 17.2 Å². The lowest BCUT2D eigenvalue weighted by Crippen LogP contribution is -2.46. The van der Waals surface area contributed by atoms with Crippen molar-refractivity contribution >= 4 is 17.5 Å². The van der Waals surface area contributed by atoms with Crippen molar-refractivity contribution in [3.8, 4) is 11.5 Å². The molecule has 0 saturated carbocycles. The lowest BCUT2D eigenvalue weighted by molar-refractivity contribution is 0.0946. The molecule has 0 saturated heterocycles. The lowest BCUT2D eigenvalue weighted by Gasteiger charge is -2.30. The number of imidazole rings is 1. The Labute approximate surface area is 243 Å². The second-order valence-electron chi connectivity index (χ2n) is 10.4. The van der Waals surface area contributed by atoms with Gasteiger partial charge in [0.2, 0.25) is 0 Å². The summed E-state index contributed by atoms with van der Waals surface area (Å²) in [6.07, 6.45) is 2.99. The topological polar surface area (TPSA) is 91.2 Å². The molecule has 1 N–H and O–H groups in total. The number of Topliss-reactive ketones (excluding diaryl/α,β-unsaturated/α-hetero) is 1. The number of carbonyl (C=O) groups is 2. The molecule has 2 aromatic carbocycles. The van der Waals surface area contributed by atoms with Crippen LogP contribution in [0.3, 0.4) is 0 Å². The molecule has 4 rings (SSSR count). The van der Waals surface area contributed by atoms with Gasteiger partial charge in [-0.15, -0.1) is 0 Å². The fraction of sp³-hybridized carbons (Fsp3) is 0.344. The summed E-state index contributed by atoms with van der Waals surface area (Å²) >= 11 is 0. The first-order valence-electron chi connectivity index (χ1n) is 13.8. The number of carbonyl (C=O) groups excluding carboxylic acids is 2. The number of ketones is 1. The molecule has 0 aliphatic carbocycles. The van der Waals surface area contributed by atoms with Gasteiger partial charge in [-0.1, -0.05) is 49.7 Å². The number of fused-ring (bicyclic) bond motifs is 1. The largest absolute Gasteiger partial charge is 0.495 e. The van der Waals surface area contributed by atoms with E-state index in [9.17, 15) is 18.4 Å². The molecule has 2 aromatic heterocycles. The minimum absolute atomic E-state index is 0.123. The third-order valence-corrected chi connectivity index (χ3v) is 7.09. The summed E-state index contributed by atoms with van der Waals surface area (Å²) in [5.74, 6) is -1.07. The van der Waals surface area contributed by atoms with Crippen molar-refractivity contribution in [3.63, 3.8) is 0 Å². The van der Waals surface area contributed by atoms with E-state index in [2.05, 4.69) is 10.3 Å². The number of ether oxygens (including phenoxy) is 3. The van der Waals surface area contributed by atoms with Gasteiger partial charge in [0.05, 0.1) is 24.6 Å². The smallest absolute Gasteiger partial charge is 0.407 e. The van der Waals surface area contributed by atoms with Crippen molar-refractivity contribution in [1.82, 2.24) is 14.7 Å². The van der Waals surface area contributed by atoms with Crippen LogP contribution in [0.15, 0.2) is 60.8 Å². The van der Waals surface area contributed by atoms with Gasteiger partial charge in [-0.3, -0.25) is 9.20 Å². The van der Waals surface area contributed by atoms with Crippen LogP contribution < -0.4 is 14.8 Å². The Kier molecular flexibility index (Phi) is 9.77. The SMILES string of the molecule is CCCC(C)(CCC(=O)c1c(C)nc2c(OCc3c(F)cccc3F)cc(OC)cn12)NC(=O)OCc1ccccc1. The molecule has 2 heterocycles. The third kappa shape index (κ3) is 7.23. The van der Waals surface area contributed by atoms with Crippen LogP contribution in [0.25, 0.3) is 5.65 Å². The Balaban J connectivity index is 1.51. The molecule has 1 atom stereocenters. The zero-order valence-electron chi connectivity index (χ0n) is 24.2. The summed E-state index contributed by atoms with van der Waals surface area (Å²) in [5, 5.41) is 2.95. The molecule has 0 spiro atoms. The predicted molar refractivity (Wildman–Crippen MR) is 154 cm³/mol. The highest BCUT2D eigenvalue weighted by Gasteiger charge is 2.29. The van der Waals surface area contributed by atoms with Gasteiger partial charge in [-0.2, -0.15) is 0 Å². The van der Waals surface area contributed by atoms with E-state index in [0.29, 0.717) is 35.6 Å². The average Bonchev–Trinajstić information content (AvgIpc) is 3.31. The molecule has 222 valence electrons. The number of methoxy groups -OCH3 is 1. The number of rotatable bonds is 13. The highest BCUT2D eigenvalue weighted by Crippen LogP contribution is 2.30. The number of halogens is 2. The van der Waals surface area contributed by atoms with Crippen LogP contribution >= 0.6 is 0 Å². The van der Waals surface area contributed by atoms with E-state index in [1.807, 2.05) is 44.2 Å². The van der Waals surface area contributed by atoms with E-state index in [0.717, 1.165) is 24.1 Å². The molecular formula is C32H35F2N3O5. The highest BCUT2D eigenvalue weighted by molar-refractivity contribution is 5.97. The summed E-state index contributed by atoms with van der Waals surface area (Å²) < 4.78 is 46.5. The van der Waals surface area contributed by atoms with Gasteiger partial charge in [0, 0.05) is 18.0 Å². The van der Waals surface area contributed by atoms with Crippen molar-refractivity contribution in [2.45, 2.75) is 65.2 Å². The number of alkyl carbamates (subject to hydrolysis) is 1. The minimum Gasteiger partial charge on any atom is -0.495 e. The maximum atomic E-state index is 14.2. The zero-order chi connectivity index (χ0) is 30.3. The standard InChI is InChI=1S/C32H35F2N3O5/c1-5-15-32(3,36-31(39)42-19-22-10-7-6-8-11-22)16-14-27(38)29-21(2)35-30-28(17-23(40-4)18-37(29)30)41-20-24-25(33)12-9-13-26(24)34/h6-13,17-18H,5,14-16,19-20H2,1-4H3,(H,36,39). The van der Waals surface area contributed by atoms with Crippen LogP contribution in [0.5, 0.6) is 11.5 Å². The molecule has 42 heavy (non-hydrogen) atoms. The monoisotopic (exact) mass is 579 g/mol. The lowest BCUT2D eigenvalue weighted by atomic mass is 9.89. The van der Waals surface area contributed by atoms with Crippen LogP contribution in [0.4, 0.5) is 13.6 Å². The van der Waals surface area contributed by atoms with Crippen molar-refractivity contribution in [3.05, 3.63) is 94.9 Å². The molecule has 0 fully saturated rings. The number of nitrogens with zero attached hydrogens (tertiary/aromatic N) is 2. The Hall–Kier alpha value is -4.47. The normalized spacial score (nSPS) is 12.5. The van der Waals surface area contributed by atoms with Crippen molar-refractivity contribution in [2.75, 3.05) is 7.11 Å². The number of hydrogen-bond acceptors (Lipinski definition) is 6. The number of benzene rings is 2. The molecule has 4 aromatic rings. The summed E-state index contributed by atoms with van der Waals surface area (Å²) in [6, 6.07) is 14.5. The predicted octanol–water partition coefficient (Wildman–Crippen LogP) is 6.96. The number of nitrogens with one attached hydrogen (secondary N) is 1. The first kappa shape index (κ1) is 30.5. The molecule has 1 unspecified atom stereocenters. The fourth-order valence-corrected chi connectivity index (χ4v) is 4.89. The van der Waals surface area contributed by atoms with E-state index >= 15 is 0 Å². The molecule has 8 nitrogen and oxygen atoms in total. The maximum Gasteiger partial charge on any atom is 0.407 e. The highest BCUT2D eigenvalue weighted by atomic mass is 19.1. The molecule has 0 aliphatic rings. The maximum absolute atomic E-state index is 14.2. The van der Waals surface area contributed by atoms with Gasteiger partial charge in [-0.05, 0) is 44.4 Å². The van der Waals surface area contributed by atoms with Gasteiger partial charge < -0.3 is 19.5 Å². The second-order valence-corrected chi connectivity index (χ2v) is 10.4. The first-order valence-corrected chi connectivity index (χ1v) is 13.8. The van der Waals surface area contributed by atoms with Crippen molar-refractivity contribution in [2.24, 2.45) is 0 Å². The van der Waals surface area contributed by atoms with Gasteiger partial charge in [-0.25, -0.2) is 18.6 Å². The molecule has 0 aliphatic heterocycles. The quantitative estimate of drug-likeness (QED) is 0.172. The van der Waals surface area contributed by atoms with Gasteiger partial charge in [0.1, 0.15) is 36.3 Å². The number of hydrogen-bond donors (Lipinski definition) is 1. The van der Waals surface area contributed by atoms with E-state index < -0.39 is 23.3 Å². The first-order chi connectivity index (χ1) is 20.1. The van der Waals surface area contributed by atoms with E-state index in [-0.39, 0.29) is 36.7 Å². The van der Waals surface area contributed by atoms with Crippen molar-refractivity contribution in [1.29, 1.82) is 0 Å². The van der Waals surface area contributed by atoms with Crippen LogP contribution in [0.1, 0.15) is 66.8 Å². The van der Waals surface area contributed by atoms with Crippen molar-refractivity contribution < 1.29 is 32.6 Å². The van der Waals surface area contributed by atoms with E-state index in [4.69, 9.17) is 14.2 Å². The molecule has 0 bridgehead atoms. The summed E-state index contributed by atoms with van der Waals surface area (Å²) in [5.41, 5.74) is 1.08. The Morgan fingerprint density at radius 2 is 1.74 bits per heavy atom. The summed E-state index contributed by atoms with van der Waals surface area (Å²) in [4.78, 5) is 30.7. The Morgan fingerprint density at radius 1 is 1.02 bits per heavy atom. The Bertz CT molecular complexity index is 1540. The van der Waals surface area contributed by atoms with Crippen LogP contribution in [-0.2, 0) is 18.0 Å².